The smallest absolute Gasteiger partial charge is 0.0485 e. The molecule has 0 aromatic heterocycles. The molecule has 0 bridgehead atoms. The first-order valence-corrected chi connectivity index (χ1v) is 17.7. The molecule has 2 unspecified atom stereocenters. The summed E-state index contributed by atoms with van der Waals surface area (Å²) in [5.41, 5.74) is 13.5. The van der Waals surface area contributed by atoms with Crippen molar-refractivity contribution in [2.24, 2.45) is 0 Å². The Morgan fingerprint density at radius 2 is 1.04 bits per heavy atom. The molecule has 0 aliphatic heterocycles. The van der Waals surface area contributed by atoms with Crippen molar-refractivity contribution in [1.29, 1.82) is 0 Å². The van der Waals surface area contributed by atoms with Gasteiger partial charge in [0.25, 0.3) is 0 Å². The van der Waals surface area contributed by atoms with Crippen molar-refractivity contribution in [1.82, 2.24) is 9.80 Å². The lowest BCUT2D eigenvalue weighted by Crippen LogP contribution is -2.18. The number of hydrogen-bond donors (Lipinski definition) is 2. The van der Waals surface area contributed by atoms with Gasteiger partial charge in [0.1, 0.15) is 0 Å². The van der Waals surface area contributed by atoms with Crippen LogP contribution >= 0.6 is 0 Å². The van der Waals surface area contributed by atoms with Gasteiger partial charge in [-0.2, -0.15) is 0 Å². The van der Waals surface area contributed by atoms with Gasteiger partial charge in [-0.15, -0.1) is 0 Å². The number of hydrogen-bond acceptors (Lipinski definition) is 4. The Bertz CT molecular complexity index is 1830. The van der Waals surface area contributed by atoms with E-state index in [4.69, 9.17) is 0 Å². The van der Waals surface area contributed by atoms with Crippen molar-refractivity contribution in [2.75, 3.05) is 24.7 Å². The molecule has 0 aliphatic rings. The fourth-order valence-corrected chi connectivity index (χ4v) is 5.66. The van der Waals surface area contributed by atoms with Crippen LogP contribution in [0.1, 0.15) is 67.5 Å². The summed E-state index contributed by atoms with van der Waals surface area (Å²) in [5.74, 6) is 0. The van der Waals surface area contributed by atoms with Gasteiger partial charge in [0.2, 0.25) is 0 Å². The topological polar surface area (TPSA) is 30.5 Å². The zero-order chi connectivity index (χ0) is 37.5. The average Bonchev–Trinajstić information content (AvgIpc) is 3.14. The third kappa shape index (κ3) is 11.8. The maximum absolute atomic E-state index is 4.30. The number of nitrogens with zero attached hydrogens (tertiary/aromatic N) is 2. The summed E-state index contributed by atoms with van der Waals surface area (Å²) in [4.78, 5) is 4.34. The van der Waals surface area contributed by atoms with Crippen molar-refractivity contribution in [3.8, 4) is 0 Å². The first kappa shape index (κ1) is 40.0. The van der Waals surface area contributed by atoms with Crippen LogP contribution in [0.4, 0.5) is 11.4 Å². The Labute approximate surface area is 308 Å². The van der Waals surface area contributed by atoms with E-state index in [-0.39, 0.29) is 12.1 Å². The van der Waals surface area contributed by atoms with E-state index in [1.165, 1.54) is 11.1 Å². The van der Waals surface area contributed by atoms with Crippen LogP contribution in [-0.2, 0) is 13.1 Å². The van der Waals surface area contributed by atoms with Crippen LogP contribution in [-0.4, -0.2) is 36.0 Å². The predicted octanol–water partition coefficient (Wildman–Crippen LogP) is 12.0. The highest BCUT2D eigenvalue weighted by Crippen LogP contribution is 2.26. The van der Waals surface area contributed by atoms with E-state index in [0.717, 1.165) is 75.7 Å². The molecule has 2 N–H and O–H groups in total. The monoisotopic (exact) mass is 678 g/mol. The van der Waals surface area contributed by atoms with E-state index in [2.05, 4.69) is 168 Å². The molecule has 0 aliphatic carbocycles. The lowest BCUT2D eigenvalue weighted by Gasteiger charge is -2.22. The highest BCUT2D eigenvalue weighted by Gasteiger charge is 2.13. The molecule has 0 saturated carbocycles. The maximum atomic E-state index is 4.30. The molecule has 0 heterocycles. The van der Waals surface area contributed by atoms with Crippen LogP contribution in [0.2, 0.25) is 0 Å². The normalized spacial score (nSPS) is 11.5. The summed E-state index contributed by atoms with van der Waals surface area (Å²) in [5, 5.41) is 7.13. The first-order valence-electron chi connectivity index (χ1n) is 17.7. The number of allylic oxidation sites excluding steroid dienone is 2. The van der Waals surface area contributed by atoms with Gasteiger partial charge in [0.05, 0.1) is 0 Å². The summed E-state index contributed by atoms with van der Waals surface area (Å²) in [6, 6.07) is 33.7. The van der Waals surface area contributed by atoms with Crippen LogP contribution in [0.25, 0.3) is 23.3 Å². The van der Waals surface area contributed by atoms with Gasteiger partial charge in [-0.3, -0.25) is 0 Å². The Morgan fingerprint density at radius 3 is 1.43 bits per heavy atom. The summed E-state index contributed by atoms with van der Waals surface area (Å²) in [6.07, 6.45) is 4.72. The molecule has 4 nitrogen and oxygen atoms in total. The second kappa shape index (κ2) is 19.6. The maximum Gasteiger partial charge on any atom is 0.0485 e. The largest absolute Gasteiger partial charge is 0.379 e. The minimum atomic E-state index is 0.120. The summed E-state index contributed by atoms with van der Waals surface area (Å²) >= 11 is 0. The molecule has 0 spiro atoms. The molecule has 0 fully saturated rings. The highest BCUT2D eigenvalue weighted by atomic mass is 15.1. The molecule has 4 heteroatoms. The van der Waals surface area contributed by atoms with Gasteiger partial charge in [-0.25, -0.2) is 0 Å². The SMILES string of the molecule is C=Cc1ccccc1C(=C)C(C)Nc1cccc(CN(C)C(=C)C)c1.C=Cc1ccccc1C(=C)C(C)Nc1cccc(CN(C)C(=C)CC)c1. The Hall–Kier alpha value is -5.48. The lowest BCUT2D eigenvalue weighted by molar-refractivity contribution is 0.401. The molecule has 4 aromatic rings. The zero-order valence-corrected chi connectivity index (χ0v) is 31.8. The van der Waals surface area contributed by atoms with Crippen molar-refractivity contribution in [3.05, 3.63) is 181 Å². The van der Waals surface area contributed by atoms with E-state index in [1.54, 1.807) is 0 Å². The van der Waals surface area contributed by atoms with Gasteiger partial charge in [-0.05, 0) is 96.0 Å². The molecule has 4 rings (SSSR count). The van der Waals surface area contributed by atoms with Gasteiger partial charge < -0.3 is 20.4 Å². The predicted molar refractivity (Wildman–Crippen MR) is 227 cm³/mol. The Balaban J connectivity index is 0.000000276. The minimum absolute atomic E-state index is 0.120. The Kier molecular flexibility index (Phi) is 15.4. The molecule has 51 heavy (non-hydrogen) atoms. The second-order valence-electron chi connectivity index (χ2n) is 13.1. The van der Waals surface area contributed by atoms with Crippen LogP contribution in [0, 0.1) is 0 Å². The number of anilines is 2. The van der Waals surface area contributed by atoms with Crippen molar-refractivity contribution < 1.29 is 0 Å². The molecular weight excluding hydrogens is 621 g/mol. The van der Waals surface area contributed by atoms with Crippen LogP contribution in [0.3, 0.4) is 0 Å². The Morgan fingerprint density at radius 1 is 0.627 bits per heavy atom. The zero-order valence-electron chi connectivity index (χ0n) is 31.8. The molecule has 0 amide bonds. The van der Waals surface area contributed by atoms with Crippen molar-refractivity contribution in [3.63, 3.8) is 0 Å². The molecule has 4 aromatic carbocycles. The minimum Gasteiger partial charge on any atom is -0.379 e. The number of benzene rings is 4. The molecule has 266 valence electrons. The average molecular weight is 679 g/mol. The van der Waals surface area contributed by atoms with Gasteiger partial charge in [-0.1, -0.05) is 131 Å². The van der Waals surface area contributed by atoms with E-state index in [1.807, 2.05) is 43.3 Å². The quantitative estimate of drug-likeness (QED) is 0.116. The van der Waals surface area contributed by atoms with Crippen LogP contribution < -0.4 is 10.6 Å². The third-order valence-electron chi connectivity index (χ3n) is 9.16. The molecular formula is C47H58N4. The second-order valence-corrected chi connectivity index (χ2v) is 13.1. The van der Waals surface area contributed by atoms with E-state index >= 15 is 0 Å². The molecule has 0 radical (unpaired) electrons. The van der Waals surface area contributed by atoms with Crippen LogP contribution in [0.15, 0.2) is 148 Å². The molecule has 2 atom stereocenters. The van der Waals surface area contributed by atoms with Crippen molar-refractivity contribution >= 4 is 34.7 Å². The summed E-state index contributed by atoms with van der Waals surface area (Å²) in [6.45, 7) is 34.6. The summed E-state index contributed by atoms with van der Waals surface area (Å²) in [7, 11) is 4.14. The fourth-order valence-electron chi connectivity index (χ4n) is 5.66. The first-order chi connectivity index (χ1) is 24.4. The van der Waals surface area contributed by atoms with Gasteiger partial charge in [0.15, 0.2) is 0 Å². The van der Waals surface area contributed by atoms with Crippen LogP contribution in [0.5, 0.6) is 0 Å². The number of rotatable bonds is 17. The lowest BCUT2D eigenvalue weighted by atomic mass is 9.96. The van der Waals surface area contributed by atoms with E-state index in [0.29, 0.717) is 0 Å². The third-order valence-corrected chi connectivity index (χ3v) is 9.16. The van der Waals surface area contributed by atoms with Gasteiger partial charge in [0, 0.05) is 62.0 Å². The van der Waals surface area contributed by atoms with E-state index < -0.39 is 0 Å². The highest BCUT2D eigenvalue weighted by molar-refractivity contribution is 5.78. The number of nitrogens with one attached hydrogen (secondary N) is 2. The van der Waals surface area contributed by atoms with E-state index in [9.17, 15) is 0 Å². The standard InChI is InChI=1S/C24H30N2.C23H28N2/c1-7-18(3)26(6)17-21-12-11-14-23(16-21)25-20(5)19(4)24-15-10-9-13-22(24)8-2;1-7-21-12-8-9-14-23(21)18(4)19(5)24-22-13-10-11-20(15-22)16-25(6)17(2)3/h8-16,20,25H,2-4,7,17H2,1,5-6H3;7-15,19,24H,1-2,4,16H2,3,5-6H3. The van der Waals surface area contributed by atoms with Gasteiger partial charge >= 0.3 is 0 Å². The summed E-state index contributed by atoms with van der Waals surface area (Å²) < 4.78 is 0. The van der Waals surface area contributed by atoms with Crippen molar-refractivity contribution in [2.45, 2.75) is 59.3 Å². The molecule has 0 saturated heterocycles. The fraction of sp³-hybridized carbons (Fsp3) is 0.234.